The Morgan fingerprint density at radius 1 is 1.23 bits per heavy atom. The van der Waals surface area contributed by atoms with Crippen LogP contribution in [0.2, 0.25) is 0 Å². The summed E-state index contributed by atoms with van der Waals surface area (Å²) in [5.41, 5.74) is 0.125. The standard InChI is InChI=1S/C18H23N3O5/c1-13-4-5-16(21(24)25)15(10-13)17(23)20-7-3-6-18(12-20)11-19(14(2)22)8-9-26-18/h4-5,10H,3,6-9,11-12H2,1-2H3. The molecule has 3 rings (SSSR count). The number of aryl methyl sites for hydroxylation is 1. The van der Waals surface area contributed by atoms with E-state index in [1.807, 2.05) is 0 Å². The molecule has 0 N–H and O–H groups in total. The van der Waals surface area contributed by atoms with Gasteiger partial charge in [-0.1, -0.05) is 6.07 Å². The smallest absolute Gasteiger partial charge is 0.282 e. The Morgan fingerprint density at radius 2 is 1.96 bits per heavy atom. The zero-order chi connectivity index (χ0) is 18.9. The molecule has 1 aromatic rings. The van der Waals surface area contributed by atoms with Crippen LogP contribution in [0.1, 0.15) is 35.7 Å². The summed E-state index contributed by atoms with van der Waals surface area (Å²) in [5.74, 6) is -0.367. The molecule has 8 nitrogen and oxygen atoms in total. The summed E-state index contributed by atoms with van der Waals surface area (Å²) < 4.78 is 5.98. The molecule has 2 aliphatic rings. The van der Waals surface area contributed by atoms with Gasteiger partial charge in [0.05, 0.1) is 24.6 Å². The van der Waals surface area contributed by atoms with Crippen LogP contribution in [0.5, 0.6) is 0 Å². The summed E-state index contributed by atoms with van der Waals surface area (Å²) in [4.78, 5) is 38.9. The van der Waals surface area contributed by atoms with Crippen LogP contribution in [0.25, 0.3) is 0 Å². The molecular formula is C18H23N3O5. The maximum atomic E-state index is 13.0. The van der Waals surface area contributed by atoms with Gasteiger partial charge in [-0.2, -0.15) is 0 Å². The number of hydrogen-bond acceptors (Lipinski definition) is 5. The second kappa shape index (κ2) is 7.03. The molecule has 0 bridgehead atoms. The first-order chi connectivity index (χ1) is 12.3. The number of hydrogen-bond donors (Lipinski definition) is 0. The molecule has 1 spiro atoms. The fraction of sp³-hybridized carbons (Fsp3) is 0.556. The predicted octanol–water partition coefficient (Wildman–Crippen LogP) is 1.76. The number of nitro groups is 1. The van der Waals surface area contributed by atoms with Crippen LogP contribution in [0.4, 0.5) is 5.69 Å². The molecule has 2 saturated heterocycles. The van der Waals surface area contributed by atoms with Crippen LogP contribution in [-0.4, -0.2) is 64.9 Å². The molecule has 0 radical (unpaired) electrons. The van der Waals surface area contributed by atoms with Gasteiger partial charge in [0.1, 0.15) is 11.2 Å². The SMILES string of the molecule is CC(=O)N1CCOC2(CCCN(C(=O)c3cc(C)ccc3[N+](=O)[O-])C2)C1. The fourth-order valence-corrected chi connectivity index (χ4v) is 3.78. The van der Waals surface area contributed by atoms with E-state index >= 15 is 0 Å². The van der Waals surface area contributed by atoms with E-state index in [9.17, 15) is 19.7 Å². The van der Waals surface area contributed by atoms with Gasteiger partial charge in [-0.05, 0) is 31.4 Å². The van der Waals surface area contributed by atoms with Crippen molar-refractivity contribution in [3.63, 3.8) is 0 Å². The van der Waals surface area contributed by atoms with E-state index in [1.165, 1.54) is 13.0 Å². The van der Waals surface area contributed by atoms with Gasteiger partial charge in [0.15, 0.2) is 0 Å². The summed E-state index contributed by atoms with van der Waals surface area (Å²) in [5, 5.41) is 11.3. The number of carbonyl (C=O) groups excluding carboxylic acids is 2. The quantitative estimate of drug-likeness (QED) is 0.591. The Labute approximate surface area is 151 Å². The molecule has 0 aromatic heterocycles. The zero-order valence-corrected chi connectivity index (χ0v) is 15.1. The summed E-state index contributed by atoms with van der Waals surface area (Å²) in [7, 11) is 0. The molecule has 8 heteroatoms. The Bertz CT molecular complexity index is 746. The van der Waals surface area contributed by atoms with Crippen LogP contribution in [0.3, 0.4) is 0 Å². The molecule has 2 heterocycles. The number of carbonyl (C=O) groups is 2. The van der Waals surface area contributed by atoms with Crippen molar-refractivity contribution in [2.75, 3.05) is 32.8 Å². The average molecular weight is 361 g/mol. The Hall–Kier alpha value is -2.48. The minimum absolute atomic E-state index is 0.00885. The highest BCUT2D eigenvalue weighted by Crippen LogP contribution is 2.31. The summed E-state index contributed by atoms with van der Waals surface area (Å²) >= 11 is 0. The van der Waals surface area contributed by atoms with E-state index in [0.29, 0.717) is 32.8 Å². The Kier molecular flexibility index (Phi) is 4.95. The van der Waals surface area contributed by atoms with E-state index in [0.717, 1.165) is 18.4 Å². The van der Waals surface area contributed by atoms with Gasteiger partial charge in [0.25, 0.3) is 11.6 Å². The lowest BCUT2D eigenvalue weighted by Crippen LogP contribution is -2.61. The number of benzene rings is 1. The number of amides is 2. The minimum atomic E-state index is -0.587. The molecule has 0 saturated carbocycles. The fourth-order valence-electron chi connectivity index (χ4n) is 3.78. The van der Waals surface area contributed by atoms with Gasteiger partial charge in [0, 0.05) is 26.1 Å². The van der Waals surface area contributed by atoms with E-state index in [-0.39, 0.29) is 23.1 Å². The summed E-state index contributed by atoms with van der Waals surface area (Å²) in [6.07, 6.45) is 1.49. The van der Waals surface area contributed by atoms with Crippen LogP contribution in [0, 0.1) is 17.0 Å². The van der Waals surface area contributed by atoms with Crippen LogP contribution >= 0.6 is 0 Å². The molecule has 26 heavy (non-hydrogen) atoms. The topological polar surface area (TPSA) is 93.0 Å². The first kappa shape index (κ1) is 18.3. The second-order valence-corrected chi connectivity index (χ2v) is 7.08. The lowest BCUT2D eigenvalue weighted by Gasteiger charge is -2.47. The van der Waals surface area contributed by atoms with Gasteiger partial charge in [-0.15, -0.1) is 0 Å². The van der Waals surface area contributed by atoms with E-state index in [1.54, 1.807) is 28.9 Å². The highest BCUT2D eigenvalue weighted by Gasteiger charge is 2.43. The van der Waals surface area contributed by atoms with E-state index < -0.39 is 10.5 Å². The zero-order valence-electron chi connectivity index (χ0n) is 15.1. The predicted molar refractivity (Wildman–Crippen MR) is 93.9 cm³/mol. The molecule has 1 unspecified atom stereocenters. The number of piperidine rings is 1. The number of morpholine rings is 1. The lowest BCUT2D eigenvalue weighted by atomic mass is 9.90. The van der Waals surface area contributed by atoms with Crippen LogP contribution in [0.15, 0.2) is 18.2 Å². The highest BCUT2D eigenvalue weighted by molar-refractivity contribution is 5.98. The van der Waals surface area contributed by atoms with Crippen molar-refractivity contribution in [3.05, 3.63) is 39.4 Å². The molecule has 2 fully saturated rings. The van der Waals surface area contributed by atoms with Crippen molar-refractivity contribution in [2.24, 2.45) is 0 Å². The van der Waals surface area contributed by atoms with E-state index in [4.69, 9.17) is 4.74 Å². The van der Waals surface area contributed by atoms with Crippen molar-refractivity contribution in [1.29, 1.82) is 0 Å². The largest absolute Gasteiger partial charge is 0.369 e. The van der Waals surface area contributed by atoms with Crippen molar-refractivity contribution in [3.8, 4) is 0 Å². The van der Waals surface area contributed by atoms with Crippen molar-refractivity contribution in [1.82, 2.24) is 9.80 Å². The van der Waals surface area contributed by atoms with Crippen LogP contribution < -0.4 is 0 Å². The lowest BCUT2D eigenvalue weighted by molar-refractivity contribution is -0.385. The molecule has 2 amide bonds. The first-order valence-corrected chi connectivity index (χ1v) is 8.75. The number of likely N-dealkylation sites (tertiary alicyclic amines) is 1. The third-order valence-electron chi connectivity index (χ3n) is 5.10. The third kappa shape index (κ3) is 3.55. The maximum absolute atomic E-state index is 13.0. The van der Waals surface area contributed by atoms with Crippen LogP contribution in [-0.2, 0) is 9.53 Å². The van der Waals surface area contributed by atoms with Crippen molar-refractivity contribution < 1.29 is 19.2 Å². The summed E-state index contributed by atoms with van der Waals surface area (Å²) in [6.45, 7) is 5.62. The molecule has 2 aliphatic heterocycles. The molecule has 1 atom stereocenters. The molecule has 140 valence electrons. The number of nitrogens with zero attached hydrogens (tertiary/aromatic N) is 3. The summed E-state index contributed by atoms with van der Waals surface area (Å²) in [6, 6.07) is 4.56. The van der Waals surface area contributed by atoms with Crippen molar-refractivity contribution in [2.45, 2.75) is 32.3 Å². The Balaban J connectivity index is 1.84. The maximum Gasteiger partial charge on any atom is 0.282 e. The van der Waals surface area contributed by atoms with Gasteiger partial charge in [-0.25, -0.2) is 0 Å². The minimum Gasteiger partial charge on any atom is -0.369 e. The number of ether oxygens (including phenoxy) is 1. The third-order valence-corrected chi connectivity index (χ3v) is 5.10. The number of rotatable bonds is 2. The second-order valence-electron chi connectivity index (χ2n) is 7.08. The average Bonchev–Trinajstić information content (AvgIpc) is 2.60. The first-order valence-electron chi connectivity index (χ1n) is 8.75. The molecule has 1 aromatic carbocycles. The monoisotopic (exact) mass is 361 g/mol. The Morgan fingerprint density at radius 3 is 2.65 bits per heavy atom. The highest BCUT2D eigenvalue weighted by atomic mass is 16.6. The normalized spacial score (nSPS) is 23.2. The van der Waals surface area contributed by atoms with Gasteiger partial charge in [-0.3, -0.25) is 19.7 Å². The molecular weight excluding hydrogens is 338 g/mol. The number of nitro benzene ring substituents is 1. The van der Waals surface area contributed by atoms with Gasteiger partial charge in [0.2, 0.25) is 5.91 Å². The van der Waals surface area contributed by atoms with Crippen molar-refractivity contribution >= 4 is 17.5 Å². The van der Waals surface area contributed by atoms with Gasteiger partial charge < -0.3 is 14.5 Å². The van der Waals surface area contributed by atoms with E-state index in [2.05, 4.69) is 0 Å². The molecule has 0 aliphatic carbocycles. The van der Waals surface area contributed by atoms with Gasteiger partial charge >= 0.3 is 0 Å².